The first-order valence-corrected chi connectivity index (χ1v) is 6.01. The third-order valence-corrected chi connectivity index (χ3v) is 3.13. The molecule has 0 fully saturated rings. The monoisotopic (exact) mass is 244 g/mol. The van der Waals surface area contributed by atoms with Crippen LogP contribution in [-0.4, -0.2) is 10.2 Å². The van der Waals surface area contributed by atoms with E-state index in [9.17, 15) is 4.39 Å². The van der Waals surface area contributed by atoms with Crippen molar-refractivity contribution in [1.82, 2.24) is 10.2 Å². The Morgan fingerprint density at radius 3 is 2.78 bits per heavy atom. The normalized spacial score (nSPS) is 16.3. The van der Waals surface area contributed by atoms with Gasteiger partial charge < -0.3 is 0 Å². The first-order chi connectivity index (χ1) is 8.58. The van der Waals surface area contributed by atoms with Gasteiger partial charge in [-0.15, -0.1) is 0 Å². The number of nitrogens with zero attached hydrogens (tertiary/aromatic N) is 1. The zero-order chi connectivity index (χ0) is 13.1. The zero-order valence-corrected chi connectivity index (χ0v) is 10.8. The summed E-state index contributed by atoms with van der Waals surface area (Å²) in [6, 6.07) is 0. The Balaban J connectivity index is 2.34. The third-order valence-electron chi connectivity index (χ3n) is 3.13. The summed E-state index contributed by atoms with van der Waals surface area (Å²) in [4.78, 5) is 0. The molecule has 0 atom stereocenters. The zero-order valence-electron chi connectivity index (χ0n) is 10.8. The van der Waals surface area contributed by atoms with Crippen molar-refractivity contribution in [2.75, 3.05) is 0 Å². The van der Waals surface area contributed by atoms with Crippen molar-refractivity contribution in [3.8, 4) is 0 Å². The maximum absolute atomic E-state index is 13.0. The highest BCUT2D eigenvalue weighted by Gasteiger charge is 2.12. The summed E-state index contributed by atoms with van der Waals surface area (Å²) in [5.41, 5.74) is 5.24. The molecule has 1 heterocycles. The number of H-pyrrole nitrogens is 1. The molecule has 1 aliphatic rings. The van der Waals surface area contributed by atoms with Gasteiger partial charge in [0.15, 0.2) is 0 Å². The molecule has 0 aromatic carbocycles. The number of hydrogen-bond donors (Lipinski definition) is 1. The summed E-state index contributed by atoms with van der Waals surface area (Å²) in [5, 5.41) is 7.06. The number of rotatable bonds is 3. The van der Waals surface area contributed by atoms with Gasteiger partial charge >= 0.3 is 0 Å². The summed E-state index contributed by atoms with van der Waals surface area (Å²) in [6.07, 6.45) is 8.36. The van der Waals surface area contributed by atoms with E-state index in [4.69, 9.17) is 0 Å². The quantitative estimate of drug-likeness (QED) is 0.783. The molecular formula is C15H17FN2. The Labute approximate surface area is 107 Å². The lowest BCUT2D eigenvalue weighted by atomic mass is 9.97. The lowest BCUT2D eigenvalue weighted by molar-refractivity contribution is 0.590. The van der Waals surface area contributed by atoms with Gasteiger partial charge in [0, 0.05) is 12.0 Å². The molecule has 2 rings (SSSR count). The second kappa shape index (κ2) is 5.17. The minimum Gasteiger partial charge on any atom is -0.278 e. The van der Waals surface area contributed by atoms with E-state index in [1.54, 1.807) is 6.20 Å². The first kappa shape index (κ1) is 12.6. The topological polar surface area (TPSA) is 28.7 Å². The Morgan fingerprint density at radius 2 is 2.17 bits per heavy atom. The van der Waals surface area contributed by atoms with Crippen molar-refractivity contribution < 1.29 is 4.39 Å². The number of hydrogen-bond acceptors (Lipinski definition) is 1. The molecule has 0 radical (unpaired) electrons. The highest BCUT2D eigenvalue weighted by atomic mass is 19.1. The van der Waals surface area contributed by atoms with Gasteiger partial charge in [0.05, 0.1) is 11.9 Å². The lowest BCUT2D eigenvalue weighted by Gasteiger charge is -2.10. The molecule has 0 bridgehead atoms. The van der Waals surface area contributed by atoms with Gasteiger partial charge in [0.2, 0.25) is 0 Å². The molecule has 3 heteroatoms. The molecule has 94 valence electrons. The van der Waals surface area contributed by atoms with Crippen LogP contribution in [0.1, 0.15) is 37.9 Å². The van der Waals surface area contributed by atoms with Crippen LogP contribution in [0.15, 0.2) is 41.9 Å². The number of aromatic nitrogens is 2. The molecule has 0 aliphatic heterocycles. The molecular weight excluding hydrogens is 227 g/mol. The summed E-state index contributed by atoms with van der Waals surface area (Å²) >= 11 is 0. The lowest BCUT2D eigenvalue weighted by Crippen LogP contribution is -1.93. The molecule has 0 unspecified atom stereocenters. The fraction of sp³-hybridized carbons (Fsp3) is 0.267. The van der Waals surface area contributed by atoms with Gasteiger partial charge in [-0.25, -0.2) is 4.39 Å². The van der Waals surface area contributed by atoms with Gasteiger partial charge in [-0.1, -0.05) is 18.2 Å². The highest BCUT2D eigenvalue weighted by molar-refractivity contribution is 5.74. The number of nitrogens with one attached hydrogen (secondary N) is 1. The highest BCUT2D eigenvalue weighted by Crippen LogP contribution is 2.29. The van der Waals surface area contributed by atoms with Crippen LogP contribution in [0.3, 0.4) is 0 Å². The van der Waals surface area contributed by atoms with Crippen LogP contribution in [-0.2, 0) is 0 Å². The Kier molecular flexibility index (Phi) is 3.60. The average molecular weight is 244 g/mol. The van der Waals surface area contributed by atoms with Gasteiger partial charge in [-0.2, -0.15) is 5.10 Å². The number of allylic oxidation sites excluding steroid dienone is 6. The van der Waals surface area contributed by atoms with E-state index < -0.39 is 0 Å². The smallest absolute Gasteiger partial charge is 0.100 e. The standard InChI is InChI=1S/C15H17FN2/c1-10(2)11(3)8-13-9-17-18-15(13)12-4-6-14(16)7-5-12/h4,6,8-9H,1,5,7H2,2-3H3,(H,17,18)/b11-8+. The van der Waals surface area contributed by atoms with Gasteiger partial charge in [0.1, 0.15) is 5.83 Å². The summed E-state index contributed by atoms with van der Waals surface area (Å²) in [7, 11) is 0. The van der Waals surface area contributed by atoms with Crippen LogP contribution >= 0.6 is 0 Å². The molecule has 18 heavy (non-hydrogen) atoms. The van der Waals surface area contributed by atoms with E-state index >= 15 is 0 Å². The van der Waals surface area contributed by atoms with Crippen LogP contribution in [0.25, 0.3) is 11.6 Å². The number of halogens is 1. The maximum Gasteiger partial charge on any atom is 0.100 e. The molecule has 2 nitrogen and oxygen atoms in total. The molecule has 1 N–H and O–H groups in total. The predicted octanol–water partition coefficient (Wildman–Crippen LogP) is 4.42. The van der Waals surface area contributed by atoms with E-state index in [0.29, 0.717) is 12.8 Å². The van der Waals surface area contributed by atoms with Gasteiger partial charge in [-0.3, -0.25) is 5.10 Å². The molecule has 0 amide bonds. The van der Waals surface area contributed by atoms with Gasteiger partial charge in [0.25, 0.3) is 0 Å². The summed E-state index contributed by atoms with van der Waals surface area (Å²) < 4.78 is 13.0. The summed E-state index contributed by atoms with van der Waals surface area (Å²) in [6.45, 7) is 7.91. The molecule has 0 spiro atoms. The fourth-order valence-corrected chi connectivity index (χ4v) is 1.84. The van der Waals surface area contributed by atoms with Crippen LogP contribution in [0, 0.1) is 0 Å². The largest absolute Gasteiger partial charge is 0.278 e. The maximum atomic E-state index is 13.0. The average Bonchev–Trinajstić information content (AvgIpc) is 2.78. The minimum absolute atomic E-state index is 0.0616. The summed E-state index contributed by atoms with van der Waals surface area (Å²) in [5.74, 6) is -0.0616. The predicted molar refractivity (Wildman–Crippen MR) is 73.5 cm³/mol. The van der Waals surface area contributed by atoms with Crippen LogP contribution < -0.4 is 0 Å². The molecule has 1 aromatic rings. The molecule has 1 aromatic heterocycles. The third kappa shape index (κ3) is 2.67. The van der Waals surface area contributed by atoms with Gasteiger partial charge in [-0.05, 0) is 43.6 Å². The SMILES string of the molecule is C=C(C)/C(C)=C/c1cn[nH]c1C1=CC=C(F)CC1. The van der Waals surface area contributed by atoms with Crippen molar-refractivity contribution in [3.63, 3.8) is 0 Å². The fourth-order valence-electron chi connectivity index (χ4n) is 1.84. The molecule has 0 saturated heterocycles. The van der Waals surface area contributed by atoms with Crippen LogP contribution in [0.5, 0.6) is 0 Å². The molecule has 0 saturated carbocycles. The van der Waals surface area contributed by atoms with Crippen molar-refractivity contribution in [2.24, 2.45) is 0 Å². The van der Waals surface area contributed by atoms with Crippen LogP contribution in [0.2, 0.25) is 0 Å². The van der Waals surface area contributed by atoms with E-state index in [-0.39, 0.29) is 5.83 Å². The van der Waals surface area contributed by atoms with Crippen molar-refractivity contribution in [1.29, 1.82) is 0 Å². The van der Waals surface area contributed by atoms with Crippen molar-refractivity contribution in [3.05, 3.63) is 53.2 Å². The second-order valence-electron chi connectivity index (χ2n) is 4.61. The Bertz CT molecular complexity index is 559. The minimum atomic E-state index is -0.0616. The van der Waals surface area contributed by atoms with Crippen LogP contribution in [0.4, 0.5) is 4.39 Å². The Hall–Kier alpha value is -1.90. The van der Waals surface area contributed by atoms with Crippen molar-refractivity contribution in [2.45, 2.75) is 26.7 Å². The van der Waals surface area contributed by atoms with E-state index in [1.165, 1.54) is 6.08 Å². The van der Waals surface area contributed by atoms with E-state index in [2.05, 4.69) is 22.9 Å². The van der Waals surface area contributed by atoms with E-state index in [1.807, 2.05) is 19.9 Å². The van der Waals surface area contributed by atoms with E-state index in [0.717, 1.165) is 28.0 Å². The first-order valence-electron chi connectivity index (χ1n) is 6.01. The molecule has 1 aliphatic carbocycles. The Morgan fingerprint density at radius 1 is 1.39 bits per heavy atom. The second-order valence-corrected chi connectivity index (χ2v) is 4.61. The number of aromatic amines is 1. The van der Waals surface area contributed by atoms with Crippen molar-refractivity contribution >= 4 is 11.6 Å².